The predicted octanol–water partition coefficient (Wildman–Crippen LogP) is -0.288. The summed E-state index contributed by atoms with van der Waals surface area (Å²) >= 11 is 0. The second-order valence-corrected chi connectivity index (χ2v) is 4.72. The molecule has 2 heterocycles. The van der Waals surface area contributed by atoms with Crippen molar-refractivity contribution in [1.82, 2.24) is 9.96 Å². The third-order valence-electron chi connectivity index (χ3n) is 3.14. The van der Waals surface area contributed by atoms with Crippen LogP contribution in [0.25, 0.3) is 0 Å². The summed E-state index contributed by atoms with van der Waals surface area (Å²) in [6.07, 6.45) is 0.335. The Balaban J connectivity index is 2.40. The fourth-order valence-corrected chi connectivity index (χ4v) is 2.29. The van der Waals surface area contributed by atoms with Gasteiger partial charge >= 0.3 is 5.97 Å². The first kappa shape index (κ1) is 12.8. The minimum Gasteiger partial charge on any atom is -0.464 e. The summed E-state index contributed by atoms with van der Waals surface area (Å²) in [5.74, 6) is -1.09. The van der Waals surface area contributed by atoms with Crippen molar-refractivity contribution in [2.24, 2.45) is 0 Å². The predicted molar refractivity (Wildman–Crippen MR) is 59.3 cm³/mol. The fraction of sp³-hybridized carbons (Fsp3) is 0.636. The van der Waals surface area contributed by atoms with Gasteiger partial charge in [0.05, 0.1) is 13.7 Å². The van der Waals surface area contributed by atoms with Crippen LogP contribution >= 0.6 is 0 Å². The molecule has 1 unspecified atom stereocenters. The number of carbonyl (C=O) groups is 2. The van der Waals surface area contributed by atoms with Gasteiger partial charge in [-0.25, -0.2) is 9.86 Å². The number of amides is 1. The molecule has 0 aromatic carbocycles. The summed E-state index contributed by atoms with van der Waals surface area (Å²) in [6, 6.07) is 0. The first-order valence-corrected chi connectivity index (χ1v) is 5.61. The van der Waals surface area contributed by atoms with Crippen LogP contribution in [-0.2, 0) is 19.1 Å². The molecule has 2 rings (SSSR count). The molecule has 1 amide bonds. The third-order valence-corrected chi connectivity index (χ3v) is 3.14. The highest BCUT2D eigenvalue weighted by Crippen LogP contribution is 2.32. The number of nitrogens with zero attached hydrogens (tertiary/aromatic N) is 2. The van der Waals surface area contributed by atoms with Crippen LogP contribution < -0.4 is 0 Å². The smallest absolute Gasteiger partial charge is 0.356 e. The first-order chi connectivity index (χ1) is 8.38. The molecular weight excluding hydrogens is 240 g/mol. The van der Waals surface area contributed by atoms with Gasteiger partial charge in [-0.05, 0) is 13.8 Å². The first-order valence-electron chi connectivity index (χ1n) is 5.61. The van der Waals surface area contributed by atoms with Gasteiger partial charge in [0.25, 0.3) is 5.91 Å². The summed E-state index contributed by atoms with van der Waals surface area (Å²) in [7, 11) is 1.19. The van der Waals surface area contributed by atoms with E-state index in [0.29, 0.717) is 13.2 Å². The Hall–Kier alpha value is -1.60. The summed E-state index contributed by atoms with van der Waals surface area (Å²) in [5, 5.41) is 10.9. The number of hydrogen-bond acceptors (Lipinski definition) is 6. The largest absolute Gasteiger partial charge is 0.464 e. The number of ether oxygens (including phenoxy) is 2. The molecule has 2 aliphatic heterocycles. The maximum atomic E-state index is 11.9. The lowest BCUT2D eigenvalue weighted by molar-refractivity contribution is -0.246. The zero-order chi connectivity index (χ0) is 13.5. The molecule has 18 heavy (non-hydrogen) atoms. The number of methoxy groups -OCH3 is 1. The fourth-order valence-electron chi connectivity index (χ4n) is 2.29. The molecule has 0 bridgehead atoms. The van der Waals surface area contributed by atoms with Gasteiger partial charge in [0.2, 0.25) is 0 Å². The van der Waals surface area contributed by atoms with Gasteiger partial charge in [0.15, 0.2) is 11.9 Å². The maximum Gasteiger partial charge on any atom is 0.356 e. The molecule has 0 saturated carbocycles. The number of morpholine rings is 1. The molecule has 0 radical (unpaired) electrons. The van der Waals surface area contributed by atoms with Crippen LogP contribution in [0.5, 0.6) is 0 Å². The third kappa shape index (κ3) is 1.85. The Kier molecular flexibility index (Phi) is 3.04. The standard InChI is InChI=1S/C11H16N2O5/c1-11(2)10-12(4-5-18-11)8(14)6-7(13(10)16)9(15)17-3/h6,10,16H,4-5H2,1-3H3. The van der Waals surface area contributed by atoms with Crippen LogP contribution in [0.15, 0.2) is 11.8 Å². The molecule has 2 aliphatic rings. The van der Waals surface area contributed by atoms with Gasteiger partial charge in [-0.2, -0.15) is 0 Å². The van der Waals surface area contributed by atoms with Crippen LogP contribution in [0.2, 0.25) is 0 Å². The van der Waals surface area contributed by atoms with Crippen molar-refractivity contribution in [2.75, 3.05) is 20.3 Å². The van der Waals surface area contributed by atoms with E-state index in [1.54, 1.807) is 13.8 Å². The summed E-state index contributed by atoms with van der Waals surface area (Å²) in [6.45, 7) is 4.26. The quantitative estimate of drug-likeness (QED) is 0.650. The molecule has 1 saturated heterocycles. The summed E-state index contributed by atoms with van der Waals surface area (Å²) in [5.41, 5.74) is -0.960. The van der Waals surface area contributed by atoms with Crippen molar-refractivity contribution in [1.29, 1.82) is 0 Å². The van der Waals surface area contributed by atoms with Crippen LogP contribution in [0.1, 0.15) is 13.8 Å². The van der Waals surface area contributed by atoms with E-state index in [1.807, 2.05) is 0 Å². The van der Waals surface area contributed by atoms with Gasteiger partial charge < -0.3 is 14.4 Å². The highest BCUT2D eigenvalue weighted by atomic mass is 16.6. The molecule has 0 aliphatic carbocycles. The van der Waals surface area contributed by atoms with E-state index >= 15 is 0 Å². The molecule has 0 aromatic rings. The highest BCUT2D eigenvalue weighted by Gasteiger charge is 2.48. The number of esters is 1. The van der Waals surface area contributed by atoms with Crippen molar-refractivity contribution in [2.45, 2.75) is 25.6 Å². The van der Waals surface area contributed by atoms with Gasteiger partial charge in [-0.3, -0.25) is 10.0 Å². The molecule has 0 aromatic heterocycles. The van der Waals surface area contributed by atoms with Gasteiger partial charge in [-0.1, -0.05) is 0 Å². The average Bonchev–Trinajstić information content (AvgIpc) is 2.31. The van der Waals surface area contributed by atoms with E-state index in [0.717, 1.165) is 11.1 Å². The molecule has 1 atom stereocenters. The Labute approximate surface area is 105 Å². The average molecular weight is 256 g/mol. The molecule has 7 nitrogen and oxygen atoms in total. The monoisotopic (exact) mass is 256 g/mol. The lowest BCUT2D eigenvalue weighted by Gasteiger charge is -2.50. The van der Waals surface area contributed by atoms with Crippen LogP contribution in [0.3, 0.4) is 0 Å². The van der Waals surface area contributed by atoms with Crippen molar-refractivity contribution >= 4 is 11.9 Å². The SMILES string of the molecule is COC(=O)C1=CC(=O)N2CCOC(C)(C)C2N1O. The zero-order valence-electron chi connectivity index (χ0n) is 10.5. The van der Waals surface area contributed by atoms with Crippen LogP contribution in [0.4, 0.5) is 0 Å². The minimum atomic E-state index is -0.782. The van der Waals surface area contributed by atoms with Crippen molar-refractivity contribution in [3.8, 4) is 0 Å². The summed E-state index contributed by atoms with van der Waals surface area (Å²) < 4.78 is 10.1. The van der Waals surface area contributed by atoms with E-state index in [-0.39, 0.29) is 11.6 Å². The summed E-state index contributed by atoms with van der Waals surface area (Å²) in [4.78, 5) is 24.9. The number of hydroxylamine groups is 2. The minimum absolute atomic E-state index is 0.178. The molecule has 100 valence electrons. The van der Waals surface area contributed by atoms with Gasteiger partial charge in [0, 0.05) is 12.6 Å². The second-order valence-electron chi connectivity index (χ2n) is 4.72. The topological polar surface area (TPSA) is 79.3 Å². The van der Waals surface area contributed by atoms with Crippen LogP contribution in [0, 0.1) is 0 Å². The number of carbonyl (C=O) groups excluding carboxylic acids is 2. The van der Waals surface area contributed by atoms with E-state index < -0.39 is 17.7 Å². The van der Waals surface area contributed by atoms with E-state index in [1.165, 1.54) is 12.0 Å². The number of fused-ring (bicyclic) bond motifs is 1. The molecule has 7 heteroatoms. The molecule has 1 fully saturated rings. The zero-order valence-corrected chi connectivity index (χ0v) is 10.5. The lowest BCUT2D eigenvalue weighted by Crippen LogP contribution is -2.66. The Morgan fingerprint density at radius 1 is 1.61 bits per heavy atom. The number of rotatable bonds is 1. The maximum absolute atomic E-state index is 11.9. The van der Waals surface area contributed by atoms with E-state index in [9.17, 15) is 14.8 Å². The van der Waals surface area contributed by atoms with E-state index in [2.05, 4.69) is 4.74 Å². The Morgan fingerprint density at radius 2 is 2.28 bits per heavy atom. The van der Waals surface area contributed by atoms with Crippen molar-refractivity contribution in [3.63, 3.8) is 0 Å². The van der Waals surface area contributed by atoms with Gasteiger partial charge in [-0.15, -0.1) is 0 Å². The Bertz CT molecular complexity index is 418. The van der Waals surface area contributed by atoms with Crippen molar-refractivity contribution in [3.05, 3.63) is 11.8 Å². The highest BCUT2D eigenvalue weighted by molar-refractivity contribution is 5.99. The molecule has 1 N–H and O–H groups in total. The van der Waals surface area contributed by atoms with Crippen LogP contribution in [-0.4, -0.2) is 59.1 Å². The molecule has 0 spiro atoms. The number of hydrogen-bond donors (Lipinski definition) is 1. The van der Waals surface area contributed by atoms with E-state index in [4.69, 9.17) is 4.74 Å². The second kappa shape index (κ2) is 4.25. The van der Waals surface area contributed by atoms with Gasteiger partial charge in [0.1, 0.15) is 5.60 Å². The molecular formula is C11H16N2O5. The van der Waals surface area contributed by atoms with Crippen molar-refractivity contribution < 1.29 is 24.3 Å². The normalized spacial score (nSPS) is 26.6. The lowest BCUT2D eigenvalue weighted by atomic mass is 9.99. The Morgan fingerprint density at radius 3 is 2.89 bits per heavy atom.